The summed E-state index contributed by atoms with van der Waals surface area (Å²) in [6.07, 6.45) is 5.69. The first-order valence-corrected chi connectivity index (χ1v) is 9.86. The molecule has 2 aliphatic carbocycles. The predicted octanol–water partition coefficient (Wildman–Crippen LogP) is 3.79. The molecule has 3 aliphatic rings. The fraction of sp³-hybridized carbons (Fsp3) is 0.522. The Labute approximate surface area is 161 Å². The first kappa shape index (κ1) is 18.1. The summed E-state index contributed by atoms with van der Waals surface area (Å²) < 4.78 is 5.44. The van der Waals surface area contributed by atoms with Crippen LogP contribution in [0.3, 0.4) is 0 Å². The second-order valence-electron chi connectivity index (χ2n) is 8.22. The maximum absolute atomic E-state index is 12.8. The van der Waals surface area contributed by atoms with Gasteiger partial charge in [0.25, 0.3) is 5.91 Å². The van der Waals surface area contributed by atoms with E-state index in [0.717, 1.165) is 35.1 Å². The molecule has 2 fully saturated rings. The SMILES string of the molecule is COC1CCC2(CC1)NC(=O)C(c1c(C)cc(C#CC3CC3)cc1C)=C2O. The van der Waals surface area contributed by atoms with E-state index < -0.39 is 5.54 Å². The number of hydrogen-bond donors (Lipinski definition) is 2. The fourth-order valence-corrected chi connectivity index (χ4v) is 4.44. The van der Waals surface area contributed by atoms with Gasteiger partial charge in [-0.2, -0.15) is 0 Å². The van der Waals surface area contributed by atoms with E-state index in [0.29, 0.717) is 24.3 Å². The van der Waals surface area contributed by atoms with Crippen molar-refractivity contribution in [3.8, 4) is 11.8 Å². The van der Waals surface area contributed by atoms with Crippen LogP contribution in [0.4, 0.5) is 0 Å². The van der Waals surface area contributed by atoms with Gasteiger partial charge in [0.1, 0.15) is 5.76 Å². The van der Waals surface area contributed by atoms with Gasteiger partial charge in [-0.3, -0.25) is 4.79 Å². The average Bonchev–Trinajstić information content (AvgIpc) is 3.44. The van der Waals surface area contributed by atoms with Gasteiger partial charge >= 0.3 is 0 Å². The Morgan fingerprint density at radius 1 is 1.15 bits per heavy atom. The number of rotatable bonds is 2. The minimum absolute atomic E-state index is 0.175. The highest BCUT2D eigenvalue weighted by atomic mass is 16.5. The van der Waals surface area contributed by atoms with Crippen LogP contribution in [0.25, 0.3) is 5.57 Å². The number of nitrogens with one attached hydrogen (secondary N) is 1. The smallest absolute Gasteiger partial charge is 0.256 e. The molecule has 2 N–H and O–H groups in total. The number of aryl methyl sites for hydroxylation is 2. The van der Waals surface area contributed by atoms with Crippen LogP contribution in [0.15, 0.2) is 17.9 Å². The summed E-state index contributed by atoms with van der Waals surface area (Å²) in [6, 6.07) is 4.05. The van der Waals surface area contributed by atoms with Crippen molar-refractivity contribution >= 4 is 11.5 Å². The van der Waals surface area contributed by atoms with E-state index in [4.69, 9.17) is 4.74 Å². The average molecular weight is 365 g/mol. The number of aliphatic hydroxyl groups is 1. The number of hydrogen-bond acceptors (Lipinski definition) is 3. The first-order valence-electron chi connectivity index (χ1n) is 9.86. The topological polar surface area (TPSA) is 58.6 Å². The van der Waals surface area contributed by atoms with E-state index in [-0.39, 0.29) is 17.8 Å². The molecule has 1 amide bonds. The van der Waals surface area contributed by atoms with E-state index in [1.807, 2.05) is 26.0 Å². The van der Waals surface area contributed by atoms with Gasteiger partial charge in [0.2, 0.25) is 0 Å². The zero-order valence-corrected chi connectivity index (χ0v) is 16.3. The van der Waals surface area contributed by atoms with Crippen LogP contribution in [0.5, 0.6) is 0 Å². The van der Waals surface area contributed by atoms with Gasteiger partial charge < -0.3 is 15.2 Å². The molecule has 0 atom stereocenters. The standard InChI is InChI=1S/C23H27NO3/c1-14-12-17(7-6-16-4-5-16)13-15(2)19(14)20-21(25)23(24-22(20)26)10-8-18(27-3)9-11-23/h12-13,16,18,25H,4-5,8-11H2,1-3H3,(H,24,26). The molecule has 0 bridgehead atoms. The second kappa shape index (κ2) is 6.73. The molecule has 0 aromatic heterocycles. The van der Waals surface area contributed by atoms with E-state index in [2.05, 4.69) is 17.2 Å². The Hall–Kier alpha value is -2.25. The molecule has 0 unspecified atom stereocenters. The van der Waals surface area contributed by atoms with Crippen molar-refractivity contribution in [2.45, 2.75) is 64.0 Å². The van der Waals surface area contributed by atoms with E-state index in [1.165, 1.54) is 12.8 Å². The molecule has 1 aromatic rings. The number of amides is 1. The van der Waals surface area contributed by atoms with Gasteiger partial charge in [-0.25, -0.2) is 0 Å². The number of carbonyl (C=O) groups excluding carboxylic acids is 1. The van der Waals surface area contributed by atoms with Crippen LogP contribution in [-0.4, -0.2) is 29.8 Å². The summed E-state index contributed by atoms with van der Waals surface area (Å²) in [5.41, 5.74) is 3.58. The summed E-state index contributed by atoms with van der Waals surface area (Å²) in [5.74, 6) is 7.12. The lowest BCUT2D eigenvalue weighted by atomic mass is 9.79. The Morgan fingerprint density at radius 3 is 2.33 bits per heavy atom. The minimum Gasteiger partial charge on any atom is -0.509 e. The van der Waals surface area contributed by atoms with Crippen LogP contribution in [0, 0.1) is 31.6 Å². The van der Waals surface area contributed by atoms with Crippen molar-refractivity contribution < 1.29 is 14.6 Å². The highest BCUT2D eigenvalue weighted by Gasteiger charge is 2.48. The third-order valence-corrected chi connectivity index (χ3v) is 6.17. The number of carbonyl (C=O) groups is 1. The molecule has 4 rings (SSSR count). The fourth-order valence-electron chi connectivity index (χ4n) is 4.44. The van der Waals surface area contributed by atoms with Crippen molar-refractivity contribution in [3.63, 3.8) is 0 Å². The van der Waals surface area contributed by atoms with Gasteiger partial charge in [-0.1, -0.05) is 11.8 Å². The molecule has 27 heavy (non-hydrogen) atoms. The van der Waals surface area contributed by atoms with Gasteiger partial charge in [-0.15, -0.1) is 0 Å². The monoisotopic (exact) mass is 365 g/mol. The van der Waals surface area contributed by atoms with Crippen LogP contribution >= 0.6 is 0 Å². The number of aliphatic hydroxyl groups excluding tert-OH is 1. The van der Waals surface area contributed by atoms with Crippen LogP contribution in [0.2, 0.25) is 0 Å². The third kappa shape index (κ3) is 3.26. The maximum atomic E-state index is 12.8. The van der Waals surface area contributed by atoms with Crippen LogP contribution < -0.4 is 5.32 Å². The molecule has 142 valence electrons. The molecule has 0 radical (unpaired) electrons. The largest absolute Gasteiger partial charge is 0.509 e. The normalized spacial score (nSPS) is 27.5. The zero-order chi connectivity index (χ0) is 19.2. The molecule has 0 saturated heterocycles. The second-order valence-corrected chi connectivity index (χ2v) is 8.22. The summed E-state index contributed by atoms with van der Waals surface area (Å²) in [4.78, 5) is 12.8. The number of methoxy groups -OCH3 is 1. The maximum Gasteiger partial charge on any atom is 0.256 e. The van der Waals surface area contributed by atoms with Crippen molar-refractivity contribution in [1.29, 1.82) is 0 Å². The van der Waals surface area contributed by atoms with Gasteiger partial charge in [0, 0.05) is 18.6 Å². The Bertz CT molecular complexity index is 852. The van der Waals surface area contributed by atoms with E-state index >= 15 is 0 Å². The molecule has 4 heteroatoms. The van der Waals surface area contributed by atoms with Gasteiger partial charge in [-0.05, 0) is 81.2 Å². The van der Waals surface area contributed by atoms with Crippen molar-refractivity contribution in [3.05, 3.63) is 40.1 Å². The first-order chi connectivity index (χ1) is 12.9. The third-order valence-electron chi connectivity index (χ3n) is 6.17. The number of benzene rings is 1. The lowest BCUT2D eigenvalue weighted by Gasteiger charge is -2.36. The number of ether oxygens (including phenoxy) is 1. The van der Waals surface area contributed by atoms with E-state index in [1.54, 1.807) is 7.11 Å². The molecule has 4 nitrogen and oxygen atoms in total. The van der Waals surface area contributed by atoms with Crippen LogP contribution in [-0.2, 0) is 9.53 Å². The van der Waals surface area contributed by atoms with Crippen molar-refractivity contribution in [1.82, 2.24) is 5.32 Å². The Kier molecular flexibility index (Phi) is 4.52. The molecule has 1 aromatic carbocycles. The van der Waals surface area contributed by atoms with Gasteiger partial charge in [0.15, 0.2) is 0 Å². The lowest BCUT2D eigenvalue weighted by Crippen LogP contribution is -2.48. The quantitative estimate of drug-likeness (QED) is 0.784. The van der Waals surface area contributed by atoms with Crippen LogP contribution in [0.1, 0.15) is 60.8 Å². The van der Waals surface area contributed by atoms with E-state index in [9.17, 15) is 9.90 Å². The molecular formula is C23H27NO3. The Balaban J connectivity index is 1.70. The molecular weight excluding hydrogens is 338 g/mol. The Morgan fingerprint density at radius 2 is 1.78 bits per heavy atom. The highest BCUT2D eigenvalue weighted by molar-refractivity contribution is 6.24. The predicted molar refractivity (Wildman–Crippen MR) is 105 cm³/mol. The molecule has 2 saturated carbocycles. The zero-order valence-electron chi connectivity index (χ0n) is 16.3. The minimum atomic E-state index is -0.634. The van der Waals surface area contributed by atoms with Crippen molar-refractivity contribution in [2.75, 3.05) is 7.11 Å². The highest BCUT2D eigenvalue weighted by Crippen LogP contribution is 2.43. The lowest BCUT2D eigenvalue weighted by molar-refractivity contribution is -0.116. The molecule has 1 heterocycles. The summed E-state index contributed by atoms with van der Waals surface area (Å²) >= 11 is 0. The summed E-state index contributed by atoms with van der Waals surface area (Å²) in [6.45, 7) is 3.98. The summed E-state index contributed by atoms with van der Waals surface area (Å²) in [5, 5.41) is 14.2. The molecule has 1 aliphatic heterocycles. The van der Waals surface area contributed by atoms with Gasteiger partial charge in [0.05, 0.1) is 17.2 Å². The molecule has 1 spiro atoms. The van der Waals surface area contributed by atoms with Crippen molar-refractivity contribution in [2.24, 2.45) is 5.92 Å². The summed E-state index contributed by atoms with van der Waals surface area (Å²) in [7, 11) is 1.72.